The zero-order chi connectivity index (χ0) is 39.7. The molecule has 0 bridgehead atoms. The minimum atomic E-state index is 1.15. The number of aryl methyl sites for hydroxylation is 4. The summed E-state index contributed by atoms with van der Waals surface area (Å²) in [6.07, 6.45) is 68.2. The van der Waals surface area contributed by atoms with E-state index in [1.807, 2.05) is 0 Å². The number of pyridine rings is 2. The smallest absolute Gasteiger partial charge is 0.169 e. The molecule has 0 saturated carbocycles. The van der Waals surface area contributed by atoms with Gasteiger partial charge in [-0.25, -0.2) is 9.13 Å². The van der Waals surface area contributed by atoms with Gasteiger partial charge in [0.25, 0.3) is 0 Å². The van der Waals surface area contributed by atoms with E-state index >= 15 is 0 Å². The Hall–Kier alpha value is -2.22. The fourth-order valence-corrected chi connectivity index (χ4v) is 8.06. The Morgan fingerprint density at radius 1 is 0.304 bits per heavy atom. The van der Waals surface area contributed by atoms with Gasteiger partial charge < -0.3 is 0 Å². The molecule has 318 valence electrons. The lowest BCUT2D eigenvalue weighted by Crippen LogP contribution is -2.33. The van der Waals surface area contributed by atoms with Crippen LogP contribution in [-0.4, -0.2) is 0 Å². The molecule has 2 rings (SSSR count). The van der Waals surface area contributed by atoms with Crippen LogP contribution in [-0.2, 0) is 25.9 Å². The summed E-state index contributed by atoms with van der Waals surface area (Å²) in [6.45, 7) is 6.89. The van der Waals surface area contributed by atoms with Gasteiger partial charge in [0.05, 0.1) is 0 Å². The molecule has 0 aromatic carbocycles. The first-order valence-corrected chi connectivity index (χ1v) is 25.1. The molecular formula is C54H94N2+2. The molecule has 2 aromatic heterocycles. The van der Waals surface area contributed by atoms with E-state index in [-0.39, 0.29) is 0 Å². The second-order valence-electron chi connectivity index (χ2n) is 17.4. The monoisotopic (exact) mass is 771 g/mol. The quantitative estimate of drug-likeness (QED) is 0.0361. The molecule has 0 unspecified atom stereocenters. The number of hydrogen-bond acceptors (Lipinski definition) is 0. The van der Waals surface area contributed by atoms with E-state index in [0.717, 1.165) is 13.1 Å². The first-order valence-electron chi connectivity index (χ1n) is 25.1. The van der Waals surface area contributed by atoms with Crippen LogP contribution in [0, 0.1) is 0 Å². The minimum absolute atomic E-state index is 1.15. The number of unbranched alkanes of at least 4 members (excludes halogenated alkanes) is 29. The molecule has 0 atom stereocenters. The summed E-state index contributed by atoms with van der Waals surface area (Å²) in [4.78, 5) is 0. The van der Waals surface area contributed by atoms with Crippen molar-refractivity contribution in [2.45, 2.75) is 258 Å². The number of aromatic nitrogens is 2. The van der Waals surface area contributed by atoms with Crippen molar-refractivity contribution in [3.8, 4) is 0 Å². The van der Waals surface area contributed by atoms with Gasteiger partial charge in [-0.15, -0.1) is 0 Å². The van der Waals surface area contributed by atoms with Gasteiger partial charge in [-0.2, -0.15) is 0 Å². The summed E-state index contributed by atoms with van der Waals surface area (Å²) in [7, 11) is 0. The summed E-state index contributed by atoms with van der Waals surface area (Å²) >= 11 is 0. The maximum atomic E-state index is 2.44. The molecule has 0 saturated heterocycles. The van der Waals surface area contributed by atoms with E-state index < -0.39 is 0 Å². The summed E-state index contributed by atoms with van der Waals surface area (Å²) in [6, 6.07) is 9.44. The van der Waals surface area contributed by atoms with Crippen molar-refractivity contribution in [2.75, 3.05) is 0 Å². The number of rotatable bonds is 41. The van der Waals surface area contributed by atoms with E-state index in [1.54, 1.807) is 0 Å². The third-order valence-electron chi connectivity index (χ3n) is 12.0. The molecule has 2 heteroatoms. The van der Waals surface area contributed by atoms with E-state index in [4.69, 9.17) is 0 Å². The number of hydrogen-bond donors (Lipinski definition) is 0. The highest BCUT2D eigenvalue weighted by Crippen LogP contribution is 2.14. The molecule has 0 spiro atoms. The van der Waals surface area contributed by atoms with Crippen LogP contribution in [0.2, 0.25) is 0 Å². The van der Waals surface area contributed by atoms with E-state index in [9.17, 15) is 0 Å². The molecule has 0 amide bonds. The maximum Gasteiger partial charge on any atom is 0.169 e. The molecule has 0 aliphatic rings. The average Bonchev–Trinajstić information content (AvgIpc) is 3.22. The van der Waals surface area contributed by atoms with Crippen LogP contribution in [0.25, 0.3) is 0 Å². The Kier molecular flexibility index (Phi) is 35.3. The molecule has 2 heterocycles. The molecular weight excluding hydrogens is 677 g/mol. The van der Waals surface area contributed by atoms with Crippen molar-refractivity contribution < 1.29 is 9.13 Å². The van der Waals surface area contributed by atoms with Crippen LogP contribution >= 0.6 is 0 Å². The highest BCUT2D eigenvalue weighted by molar-refractivity contribution is 5.07. The van der Waals surface area contributed by atoms with Gasteiger partial charge in [0.1, 0.15) is 13.1 Å². The fraction of sp³-hybridized carbons (Fsp3) is 0.741. The van der Waals surface area contributed by atoms with Gasteiger partial charge in [-0.05, 0) is 101 Å². The largest absolute Gasteiger partial charge is 0.205 e. The van der Waals surface area contributed by atoms with Crippen molar-refractivity contribution in [3.63, 3.8) is 0 Å². The third-order valence-corrected chi connectivity index (χ3v) is 12.0. The number of nitrogens with zero attached hydrogens (tertiary/aromatic N) is 2. The summed E-state index contributed by atoms with van der Waals surface area (Å²) in [5.74, 6) is 0. The highest BCUT2D eigenvalue weighted by Gasteiger charge is 2.05. The first kappa shape index (κ1) is 49.9. The normalized spacial score (nSPS) is 11.8. The zero-order valence-corrected chi connectivity index (χ0v) is 37.7. The van der Waals surface area contributed by atoms with Gasteiger partial charge in [0, 0.05) is 37.1 Å². The van der Waals surface area contributed by atoms with Crippen LogP contribution in [0.15, 0.2) is 73.4 Å². The Balaban J connectivity index is 1.34. The molecule has 0 N–H and O–H groups in total. The van der Waals surface area contributed by atoms with Gasteiger partial charge >= 0.3 is 0 Å². The number of allylic oxidation sites excluding steroid dienone is 4. The van der Waals surface area contributed by atoms with E-state index in [2.05, 4.69) is 96.3 Å². The summed E-state index contributed by atoms with van der Waals surface area (Å²) < 4.78 is 4.77. The summed E-state index contributed by atoms with van der Waals surface area (Å²) in [5.41, 5.74) is 3.02. The van der Waals surface area contributed by atoms with Gasteiger partial charge in [0.2, 0.25) is 0 Å². The van der Waals surface area contributed by atoms with Crippen LogP contribution in [0.1, 0.15) is 243 Å². The maximum absolute atomic E-state index is 2.44. The Labute approximate surface area is 350 Å². The summed E-state index contributed by atoms with van der Waals surface area (Å²) in [5, 5.41) is 0. The van der Waals surface area contributed by atoms with Crippen molar-refractivity contribution in [2.24, 2.45) is 0 Å². The molecule has 0 aliphatic carbocycles. The predicted molar refractivity (Wildman–Crippen MR) is 247 cm³/mol. The van der Waals surface area contributed by atoms with Crippen molar-refractivity contribution >= 4 is 0 Å². The first-order chi connectivity index (χ1) is 27.8. The van der Waals surface area contributed by atoms with Crippen LogP contribution in [0.4, 0.5) is 0 Å². The second kappa shape index (κ2) is 39.6. The van der Waals surface area contributed by atoms with Gasteiger partial charge in [-0.3, -0.25) is 0 Å². The lowest BCUT2D eigenvalue weighted by Gasteiger charge is -2.03. The molecule has 0 fully saturated rings. The molecule has 2 aromatic rings. The molecule has 0 aliphatic heterocycles. The van der Waals surface area contributed by atoms with Crippen molar-refractivity contribution in [1.82, 2.24) is 0 Å². The second-order valence-corrected chi connectivity index (χ2v) is 17.4. The highest BCUT2D eigenvalue weighted by atomic mass is 14.9. The predicted octanol–water partition coefficient (Wildman–Crippen LogP) is 16.5. The van der Waals surface area contributed by atoms with E-state index in [1.165, 1.54) is 242 Å². The lowest BCUT2D eigenvalue weighted by molar-refractivity contribution is -0.698. The van der Waals surface area contributed by atoms with Crippen molar-refractivity contribution in [3.05, 3.63) is 84.5 Å². The zero-order valence-electron chi connectivity index (χ0n) is 37.7. The third kappa shape index (κ3) is 31.8. The Bertz CT molecular complexity index is 1040. The average molecular weight is 771 g/mol. The lowest BCUT2D eigenvalue weighted by atomic mass is 10.0. The topological polar surface area (TPSA) is 7.76 Å². The van der Waals surface area contributed by atoms with Crippen molar-refractivity contribution in [1.29, 1.82) is 0 Å². The van der Waals surface area contributed by atoms with Gasteiger partial charge in [-0.1, -0.05) is 167 Å². The minimum Gasteiger partial charge on any atom is -0.205 e. The Morgan fingerprint density at radius 2 is 0.554 bits per heavy atom. The standard InChI is InChI=1S/C54H94N2/c1-3-5-7-9-11-13-15-17-19-21-23-25-27-29-31-33-37-41-53-43-49-55(50-44-53)47-39-35-36-40-48-56-51-45-54(46-52-56)42-38-34-32-30-28-26-24-22-20-18-16-14-12-10-8-6-4-2/h17-20,43-46,49-52H,3-16,21-42,47-48H2,1-2H3/q+2/b19-17-,20-18-. The molecule has 56 heavy (non-hydrogen) atoms. The van der Waals surface area contributed by atoms with Gasteiger partial charge in [0.15, 0.2) is 24.8 Å². The van der Waals surface area contributed by atoms with Crippen LogP contribution < -0.4 is 9.13 Å². The Morgan fingerprint density at radius 3 is 0.857 bits per heavy atom. The van der Waals surface area contributed by atoms with Crippen LogP contribution in [0.3, 0.4) is 0 Å². The molecule has 2 nitrogen and oxygen atoms in total. The fourth-order valence-electron chi connectivity index (χ4n) is 8.06. The SMILES string of the molecule is CCCCCCCC/C=C\CCCCCCCCCc1cc[n+](CCCCCC[n+]2ccc(CCCCCCCCC/C=C\CCCCCCCC)cc2)cc1. The molecule has 0 radical (unpaired) electrons. The van der Waals surface area contributed by atoms with Crippen LogP contribution in [0.5, 0.6) is 0 Å². The van der Waals surface area contributed by atoms with E-state index in [0.29, 0.717) is 0 Å².